The number of hydrogen-bond donors (Lipinski definition) is 2. The van der Waals surface area contributed by atoms with Crippen molar-refractivity contribution in [2.24, 2.45) is 5.73 Å². The van der Waals surface area contributed by atoms with Crippen molar-refractivity contribution in [3.8, 4) is 0 Å². The smallest absolute Gasteiger partial charge is 0.223 e. The summed E-state index contributed by atoms with van der Waals surface area (Å²) in [6.07, 6.45) is 0.678. The Kier molecular flexibility index (Phi) is 3.09. The van der Waals surface area contributed by atoms with E-state index in [1.54, 1.807) is 0 Å². The van der Waals surface area contributed by atoms with Crippen LogP contribution in [0.1, 0.15) is 29.3 Å². The summed E-state index contributed by atoms with van der Waals surface area (Å²) in [5.41, 5.74) is 6.25. The summed E-state index contributed by atoms with van der Waals surface area (Å²) < 4.78 is 31.4. The van der Waals surface area contributed by atoms with Crippen LogP contribution < -0.4 is 5.73 Å². The summed E-state index contributed by atoms with van der Waals surface area (Å²) in [5, 5.41) is 0. The monoisotopic (exact) mass is 399 g/mol. The zero-order valence-electron chi connectivity index (χ0n) is 11.8. The Morgan fingerprint density at radius 2 is 2.26 bits per heavy atom. The van der Waals surface area contributed by atoms with Crippen LogP contribution in [0, 0.1) is 16.4 Å². The number of nitrogens with two attached hydrogens (primary N) is 1. The van der Waals surface area contributed by atoms with Gasteiger partial charge >= 0.3 is 0 Å². The first kappa shape index (κ1) is 15.0. The Morgan fingerprint density at radius 1 is 1.52 bits per heavy atom. The van der Waals surface area contributed by atoms with Gasteiger partial charge < -0.3 is 15.3 Å². The average Bonchev–Trinajstić information content (AvgIpc) is 2.95. The summed E-state index contributed by atoms with van der Waals surface area (Å²) >= 11 is 8.40. The van der Waals surface area contributed by atoms with E-state index in [9.17, 15) is 13.6 Å². The number of nitrogens with zero attached hydrogens (tertiary/aromatic N) is 1. The zero-order chi connectivity index (χ0) is 16.5. The molecule has 4 rings (SSSR count). The number of aromatic nitrogens is 2. The van der Waals surface area contributed by atoms with Crippen LogP contribution in [-0.2, 0) is 23.2 Å². The van der Waals surface area contributed by atoms with Crippen LogP contribution in [0.5, 0.6) is 0 Å². The van der Waals surface area contributed by atoms with Crippen molar-refractivity contribution in [2.75, 3.05) is 0 Å². The van der Waals surface area contributed by atoms with Crippen LogP contribution >= 0.6 is 28.1 Å². The van der Waals surface area contributed by atoms with Gasteiger partial charge in [-0.25, -0.2) is 8.78 Å². The van der Waals surface area contributed by atoms with E-state index >= 15 is 0 Å². The third-order valence-electron chi connectivity index (χ3n) is 4.84. The van der Waals surface area contributed by atoms with E-state index in [0.717, 1.165) is 5.69 Å². The highest BCUT2D eigenvalue weighted by Crippen LogP contribution is 2.67. The number of aromatic amines is 1. The predicted octanol–water partition coefficient (Wildman–Crippen LogP) is 3.05. The molecule has 2 atom stereocenters. The molecule has 8 heteroatoms. The molecule has 2 aliphatic rings. The van der Waals surface area contributed by atoms with Gasteiger partial charge in [-0.1, -0.05) is 0 Å². The number of amides is 1. The molecule has 0 bridgehead atoms. The fourth-order valence-corrected chi connectivity index (χ4v) is 4.47. The van der Waals surface area contributed by atoms with Gasteiger partial charge in [0.05, 0.1) is 10.9 Å². The van der Waals surface area contributed by atoms with Crippen LogP contribution in [-0.4, -0.2) is 15.5 Å². The fourth-order valence-electron chi connectivity index (χ4n) is 3.86. The Balaban J connectivity index is 1.84. The third kappa shape index (κ3) is 1.97. The molecule has 1 fully saturated rings. The highest BCUT2D eigenvalue weighted by molar-refractivity contribution is 9.10. The normalized spacial score (nSPS) is 24.4. The van der Waals surface area contributed by atoms with E-state index in [2.05, 4.69) is 20.9 Å². The molecule has 4 nitrogen and oxygen atoms in total. The van der Waals surface area contributed by atoms with Gasteiger partial charge in [-0.2, -0.15) is 0 Å². The molecule has 1 aromatic carbocycles. The number of imidazole rings is 1. The van der Waals surface area contributed by atoms with Gasteiger partial charge in [0.1, 0.15) is 11.6 Å². The molecule has 0 radical (unpaired) electrons. The Labute approximate surface area is 143 Å². The van der Waals surface area contributed by atoms with E-state index in [-0.39, 0.29) is 22.4 Å². The molecular weight excluding hydrogens is 388 g/mol. The molecule has 1 amide bonds. The highest BCUT2D eigenvalue weighted by Gasteiger charge is 2.64. The molecule has 0 saturated heterocycles. The standard InChI is InChI=1S/C15H12BrF2N3OS/c16-7-1-2-8(17)11(12(7)18)15-4-6(15)13-9(3-10(19)22)20-14(23)21(13)5-15/h1-2,6H,3-5H2,(H2,19,22)(H,20,23)/t6-,15-/m0/s1. The fraction of sp³-hybridized carbons (Fsp3) is 0.333. The van der Waals surface area contributed by atoms with Crippen LogP contribution in [0.25, 0.3) is 0 Å². The van der Waals surface area contributed by atoms with Gasteiger partial charge in [-0.15, -0.1) is 0 Å². The predicted molar refractivity (Wildman–Crippen MR) is 85.6 cm³/mol. The lowest BCUT2D eigenvalue weighted by Gasteiger charge is -2.16. The lowest BCUT2D eigenvalue weighted by Crippen LogP contribution is -2.17. The topological polar surface area (TPSA) is 63.8 Å². The average molecular weight is 400 g/mol. The quantitative estimate of drug-likeness (QED) is 0.615. The minimum atomic E-state index is -0.623. The number of rotatable bonds is 3. The Hall–Kier alpha value is -1.54. The number of fused-ring (bicyclic) bond motifs is 3. The van der Waals surface area contributed by atoms with E-state index in [1.807, 2.05) is 4.57 Å². The van der Waals surface area contributed by atoms with Gasteiger partial charge in [-0.3, -0.25) is 4.79 Å². The van der Waals surface area contributed by atoms with Crippen molar-refractivity contribution >= 4 is 34.1 Å². The lowest BCUT2D eigenvalue weighted by atomic mass is 9.93. The van der Waals surface area contributed by atoms with Crippen molar-refractivity contribution < 1.29 is 13.6 Å². The molecule has 0 spiro atoms. The number of H-pyrrole nitrogens is 1. The van der Waals surface area contributed by atoms with Crippen LogP contribution in [0.4, 0.5) is 8.78 Å². The number of carbonyl (C=O) groups is 1. The number of benzene rings is 1. The molecular formula is C15H12BrF2N3OS. The van der Waals surface area contributed by atoms with Crippen molar-refractivity contribution in [1.29, 1.82) is 0 Å². The van der Waals surface area contributed by atoms with Gasteiger partial charge in [0, 0.05) is 34.8 Å². The largest absolute Gasteiger partial charge is 0.369 e. The number of hydrogen-bond acceptors (Lipinski definition) is 2. The van der Waals surface area contributed by atoms with Crippen LogP contribution in [0.15, 0.2) is 16.6 Å². The summed E-state index contributed by atoms with van der Waals surface area (Å²) in [6, 6.07) is 2.63. The lowest BCUT2D eigenvalue weighted by molar-refractivity contribution is -0.117. The first-order valence-electron chi connectivity index (χ1n) is 7.09. The van der Waals surface area contributed by atoms with E-state index in [0.29, 0.717) is 23.4 Å². The Bertz CT molecular complexity index is 922. The summed E-state index contributed by atoms with van der Waals surface area (Å²) in [4.78, 5) is 14.2. The first-order valence-corrected chi connectivity index (χ1v) is 8.29. The van der Waals surface area contributed by atoms with Crippen molar-refractivity contribution in [3.05, 3.63) is 50.0 Å². The summed E-state index contributed by atoms with van der Waals surface area (Å²) in [5.74, 6) is -1.64. The van der Waals surface area contributed by atoms with E-state index < -0.39 is 23.0 Å². The molecule has 2 heterocycles. The van der Waals surface area contributed by atoms with Gasteiger partial charge in [0.15, 0.2) is 4.77 Å². The van der Waals surface area contributed by atoms with Crippen LogP contribution in [0.2, 0.25) is 0 Å². The molecule has 120 valence electrons. The SMILES string of the molecule is NC(=O)Cc1[nH]c(=S)n2c1[C@@H]1C[C@]1(c1c(F)ccc(Br)c1F)C2. The van der Waals surface area contributed by atoms with Gasteiger partial charge in [0.25, 0.3) is 0 Å². The minimum absolute atomic E-state index is 0.0437. The Morgan fingerprint density at radius 3 is 2.96 bits per heavy atom. The second-order valence-corrected chi connectivity index (χ2v) is 7.40. The number of halogens is 3. The molecule has 0 unspecified atom stereocenters. The summed E-state index contributed by atoms with van der Waals surface area (Å²) in [7, 11) is 0. The second-order valence-electron chi connectivity index (χ2n) is 6.15. The molecule has 1 aromatic heterocycles. The van der Waals surface area contributed by atoms with E-state index in [1.165, 1.54) is 12.1 Å². The second kappa shape index (κ2) is 4.73. The van der Waals surface area contributed by atoms with Crippen molar-refractivity contribution in [3.63, 3.8) is 0 Å². The van der Waals surface area contributed by atoms with Gasteiger partial charge in [-0.05, 0) is 46.7 Å². The van der Waals surface area contributed by atoms with Crippen molar-refractivity contribution in [2.45, 2.75) is 30.7 Å². The van der Waals surface area contributed by atoms with Crippen LogP contribution in [0.3, 0.4) is 0 Å². The first-order chi connectivity index (χ1) is 10.8. The molecule has 1 saturated carbocycles. The minimum Gasteiger partial charge on any atom is -0.369 e. The third-order valence-corrected chi connectivity index (χ3v) is 5.78. The number of nitrogens with one attached hydrogen (secondary N) is 1. The number of carbonyl (C=O) groups excluding carboxylic acids is 1. The van der Waals surface area contributed by atoms with E-state index in [4.69, 9.17) is 18.0 Å². The molecule has 1 aliphatic heterocycles. The maximum Gasteiger partial charge on any atom is 0.223 e. The molecule has 2 aromatic rings. The van der Waals surface area contributed by atoms with Crippen molar-refractivity contribution in [1.82, 2.24) is 9.55 Å². The highest BCUT2D eigenvalue weighted by atomic mass is 79.9. The summed E-state index contributed by atoms with van der Waals surface area (Å²) in [6.45, 7) is 0.408. The molecule has 23 heavy (non-hydrogen) atoms. The molecule has 3 N–H and O–H groups in total. The zero-order valence-corrected chi connectivity index (χ0v) is 14.2. The maximum absolute atomic E-state index is 14.5. The van der Waals surface area contributed by atoms with Gasteiger partial charge in [0.2, 0.25) is 5.91 Å². The number of primary amides is 1. The maximum atomic E-state index is 14.5. The molecule has 1 aliphatic carbocycles.